The molecule has 22 heavy (non-hydrogen) atoms. The third kappa shape index (κ3) is 3.26. The monoisotopic (exact) mass is 304 g/mol. The van der Waals surface area contributed by atoms with Crippen LogP contribution in [-0.2, 0) is 9.59 Å². The van der Waals surface area contributed by atoms with Gasteiger partial charge in [0.25, 0.3) is 0 Å². The number of hydrogen-bond acceptors (Lipinski definition) is 2. The van der Waals surface area contributed by atoms with Gasteiger partial charge in [0, 0.05) is 11.1 Å². The minimum atomic E-state index is -0.324. The molecule has 0 heterocycles. The van der Waals surface area contributed by atoms with Crippen molar-refractivity contribution in [2.24, 2.45) is 22.7 Å². The second-order valence-electron chi connectivity index (χ2n) is 9.04. The van der Waals surface area contributed by atoms with Gasteiger partial charge in [-0.15, -0.1) is 0 Å². The summed E-state index contributed by atoms with van der Waals surface area (Å²) in [5.41, 5.74) is 2.97. The lowest BCUT2D eigenvalue weighted by Gasteiger charge is -2.38. The lowest BCUT2D eigenvalue weighted by molar-refractivity contribution is -0.133. The fraction of sp³-hybridized carbons (Fsp3) is 0.700. The van der Waals surface area contributed by atoms with Crippen LogP contribution in [0.15, 0.2) is 22.3 Å². The van der Waals surface area contributed by atoms with Gasteiger partial charge in [0.15, 0.2) is 0 Å². The predicted molar refractivity (Wildman–Crippen MR) is 92.7 cm³/mol. The molecular weight excluding hydrogens is 272 g/mol. The Morgan fingerprint density at radius 1 is 0.591 bits per heavy atom. The highest BCUT2D eigenvalue weighted by Gasteiger charge is 2.43. The molecule has 0 saturated heterocycles. The normalized spacial score (nSPS) is 18.2. The van der Waals surface area contributed by atoms with Crippen molar-refractivity contribution in [3.05, 3.63) is 22.3 Å². The van der Waals surface area contributed by atoms with Crippen LogP contribution < -0.4 is 0 Å². The Hall–Kier alpha value is -1.18. The van der Waals surface area contributed by atoms with Gasteiger partial charge < -0.3 is 0 Å². The van der Waals surface area contributed by atoms with Crippen LogP contribution in [0.3, 0.4) is 0 Å². The van der Waals surface area contributed by atoms with E-state index in [1.807, 2.05) is 41.5 Å². The van der Waals surface area contributed by atoms with E-state index in [0.717, 1.165) is 11.1 Å². The Balaban J connectivity index is 3.97. The van der Waals surface area contributed by atoms with Crippen molar-refractivity contribution in [1.29, 1.82) is 0 Å². The smallest absolute Gasteiger partial charge is 0.230 e. The molecule has 0 N–H and O–H groups in total. The van der Waals surface area contributed by atoms with Crippen LogP contribution in [0.4, 0.5) is 0 Å². The lowest BCUT2D eigenvalue weighted by atomic mass is 9.64. The van der Waals surface area contributed by atoms with Crippen LogP contribution in [-0.4, -0.2) is 11.6 Å². The van der Waals surface area contributed by atoms with E-state index < -0.39 is 0 Å². The SMILES string of the molecule is CC(C)C1=C(C(C)(C)C)C(=O)C(=O)C(C(C)(C)C)=C1C(C)C. The molecule has 1 aliphatic carbocycles. The lowest BCUT2D eigenvalue weighted by Crippen LogP contribution is -2.38. The van der Waals surface area contributed by atoms with E-state index in [9.17, 15) is 9.59 Å². The maximum Gasteiger partial charge on any atom is 0.230 e. The third-order valence-corrected chi connectivity index (χ3v) is 4.14. The summed E-state index contributed by atoms with van der Waals surface area (Å²) in [6.45, 7) is 20.6. The Morgan fingerprint density at radius 3 is 0.955 bits per heavy atom. The molecule has 0 unspecified atom stereocenters. The van der Waals surface area contributed by atoms with Gasteiger partial charge in [-0.25, -0.2) is 0 Å². The zero-order chi connectivity index (χ0) is 17.6. The van der Waals surface area contributed by atoms with Gasteiger partial charge in [-0.2, -0.15) is 0 Å². The molecule has 1 rings (SSSR count). The molecule has 0 aromatic rings. The zero-order valence-electron chi connectivity index (χ0n) is 16.0. The Labute approximate surface area is 136 Å². The number of hydrogen-bond donors (Lipinski definition) is 0. The summed E-state index contributed by atoms with van der Waals surface area (Å²) in [5.74, 6) is -0.155. The van der Waals surface area contributed by atoms with Crippen molar-refractivity contribution in [3.8, 4) is 0 Å². The van der Waals surface area contributed by atoms with E-state index in [1.165, 1.54) is 0 Å². The van der Waals surface area contributed by atoms with Crippen molar-refractivity contribution in [3.63, 3.8) is 0 Å². The maximum atomic E-state index is 12.9. The first-order valence-electron chi connectivity index (χ1n) is 8.29. The molecule has 0 saturated carbocycles. The first-order chi connectivity index (χ1) is 9.71. The van der Waals surface area contributed by atoms with Crippen molar-refractivity contribution >= 4 is 11.6 Å². The van der Waals surface area contributed by atoms with Crippen molar-refractivity contribution < 1.29 is 9.59 Å². The molecule has 124 valence electrons. The van der Waals surface area contributed by atoms with Crippen LogP contribution in [0.5, 0.6) is 0 Å². The predicted octanol–water partition coefficient (Wildman–Crippen LogP) is 5.14. The first kappa shape index (κ1) is 18.9. The highest BCUT2D eigenvalue weighted by Crippen LogP contribution is 2.46. The van der Waals surface area contributed by atoms with Crippen LogP contribution in [0.2, 0.25) is 0 Å². The number of rotatable bonds is 2. The topological polar surface area (TPSA) is 34.1 Å². The average Bonchev–Trinajstić information content (AvgIpc) is 2.27. The molecule has 0 bridgehead atoms. The summed E-state index contributed by atoms with van der Waals surface area (Å²) >= 11 is 0. The fourth-order valence-corrected chi connectivity index (χ4v) is 3.43. The minimum absolute atomic E-state index is 0.223. The molecule has 0 atom stereocenters. The molecule has 2 nitrogen and oxygen atoms in total. The Bertz CT molecular complexity index is 503. The number of Topliss-reactive ketones (excluding diaryl/α,β-unsaturated/α-hetero) is 2. The summed E-state index contributed by atoms with van der Waals surface area (Å²) < 4.78 is 0. The molecule has 1 aliphatic rings. The molecule has 0 amide bonds. The number of ketones is 2. The molecule has 0 fully saturated rings. The molecule has 0 radical (unpaired) electrons. The first-order valence-corrected chi connectivity index (χ1v) is 8.29. The molecule has 0 aliphatic heterocycles. The number of carbonyl (C=O) groups excluding carboxylic acids is 2. The van der Waals surface area contributed by atoms with E-state index in [1.54, 1.807) is 0 Å². The second-order valence-corrected chi connectivity index (χ2v) is 9.04. The molecule has 0 aromatic heterocycles. The number of carbonyl (C=O) groups is 2. The number of allylic oxidation sites excluding steroid dienone is 4. The van der Waals surface area contributed by atoms with Crippen LogP contribution in [0.1, 0.15) is 69.2 Å². The minimum Gasteiger partial charge on any atom is -0.285 e. The Morgan fingerprint density at radius 2 is 0.818 bits per heavy atom. The van der Waals surface area contributed by atoms with E-state index in [0.29, 0.717) is 11.1 Å². The summed E-state index contributed by atoms with van der Waals surface area (Å²) in [7, 11) is 0. The fourth-order valence-electron chi connectivity index (χ4n) is 3.43. The molecule has 0 aromatic carbocycles. The summed E-state index contributed by atoms with van der Waals surface area (Å²) in [5, 5.41) is 0. The molecule has 2 heteroatoms. The van der Waals surface area contributed by atoms with Crippen molar-refractivity contribution in [2.45, 2.75) is 69.2 Å². The van der Waals surface area contributed by atoms with Crippen LogP contribution in [0, 0.1) is 22.7 Å². The van der Waals surface area contributed by atoms with E-state index in [2.05, 4.69) is 27.7 Å². The summed E-state index contributed by atoms with van der Waals surface area (Å²) in [6, 6.07) is 0. The van der Waals surface area contributed by atoms with E-state index >= 15 is 0 Å². The van der Waals surface area contributed by atoms with Crippen LogP contribution in [0.25, 0.3) is 0 Å². The highest BCUT2D eigenvalue weighted by atomic mass is 16.2. The average molecular weight is 304 g/mol. The quantitative estimate of drug-likeness (QED) is 0.523. The van der Waals surface area contributed by atoms with Crippen LogP contribution >= 0.6 is 0 Å². The van der Waals surface area contributed by atoms with E-state index in [-0.39, 0.29) is 34.2 Å². The summed E-state index contributed by atoms with van der Waals surface area (Å²) in [6.07, 6.45) is 0. The second kappa shape index (κ2) is 5.79. The van der Waals surface area contributed by atoms with Gasteiger partial charge in [-0.3, -0.25) is 9.59 Å². The largest absolute Gasteiger partial charge is 0.285 e. The van der Waals surface area contributed by atoms with Crippen molar-refractivity contribution in [2.75, 3.05) is 0 Å². The highest BCUT2D eigenvalue weighted by molar-refractivity contribution is 6.51. The van der Waals surface area contributed by atoms with E-state index in [4.69, 9.17) is 0 Å². The van der Waals surface area contributed by atoms with Crippen molar-refractivity contribution in [1.82, 2.24) is 0 Å². The van der Waals surface area contributed by atoms with Gasteiger partial charge >= 0.3 is 0 Å². The van der Waals surface area contributed by atoms with Gasteiger partial charge in [-0.1, -0.05) is 69.2 Å². The molecule has 0 spiro atoms. The van der Waals surface area contributed by atoms with Gasteiger partial charge in [0.05, 0.1) is 0 Å². The zero-order valence-corrected chi connectivity index (χ0v) is 16.0. The third-order valence-electron chi connectivity index (χ3n) is 4.14. The standard InChI is InChI=1S/C20H32O2/c1-11(2)13-14(12(3)4)16(20(8,9)10)18(22)17(21)15(13)19(5,6)7/h11-12H,1-10H3. The van der Waals surface area contributed by atoms with Gasteiger partial charge in [0.1, 0.15) is 0 Å². The van der Waals surface area contributed by atoms with Gasteiger partial charge in [0.2, 0.25) is 11.6 Å². The Kier molecular flexibility index (Phi) is 4.97. The summed E-state index contributed by atoms with van der Waals surface area (Å²) in [4.78, 5) is 25.7. The molecular formula is C20H32O2. The maximum absolute atomic E-state index is 12.9. The van der Waals surface area contributed by atoms with Gasteiger partial charge in [-0.05, 0) is 33.8 Å².